The number of carbonyl (C=O) groups is 1. The minimum absolute atomic E-state index is 0.358. The van der Waals surface area contributed by atoms with Crippen molar-refractivity contribution in [3.05, 3.63) is 24.0 Å². The highest BCUT2D eigenvalue weighted by molar-refractivity contribution is 5.88. The van der Waals surface area contributed by atoms with E-state index in [1.165, 1.54) is 7.11 Å². The Kier molecular flexibility index (Phi) is 3.58. The lowest BCUT2D eigenvalue weighted by molar-refractivity contribution is 0.0594. The minimum Gasteiger partial charge on any atom is -0.464 e. The van der Waals surface area contributed by atoms with E-state index >= 15 is 0 Å². The number of hydrogen-bond donors (Lipinski definition) is 1. The summed E-state index contributed by atoms with van der Waals surface area (Å²) in [5, 5.41) is 3.38. The number of nitrogens with zero attached hydrogens (tertiary/aromatic N) is 2. The van der Waals surface area contributed by atoms with Gasteiger partial charge in [-0.25, -0.2) is 9.78 Å². The van der Waals surface area contributed by atoms with Crippen LogP contribution in [0.5, 0.6) is 0 Å². The van der Waals surface area contributed by atoms with Crippen LogP contribution in [-0.2, 0) is 4.74 Å². The predicted molar refractivity (Wildman–Crippen MR) is 65.3 cm³/mol. The van der Waals surface area contributed by atoms with Crippen molar-refractivity contribution in [2.45, 2.75) is 13.0 Å². The van der Waals surface area contributed by atoms with Crippen LogP contribution in [0.3, 0.4) is 0 Å². The third-order valence-electron chi connectivity index (χ3n) is 2.87. The first-order valence-electron chi connectivity index (χ1n) is 5.73. The molecule has 0 aliphatic carbocycles. The highest BCUT2D eigenvalue weighted by Crippen LogP contribution is 2.16. The number of carbonyl (C=O) groups excluding carboxylic acids is 1. The molecular formula is C12H17N3O2. The van der Waals surface area contributed by atoms with Crippen LogP contribution in [0.4, 0.5) is 5.69 Å². The molecule has 0 aromatic carbocycles. The average Bonchev–Trinajstić information content (AvgIpc) is 2.38. The third kappa shape index (κ3) is 2.74. The van der Waals surface area contributed by atoms with Crippen LogP contribution >= 0.6 is 0 Å². The van der Waals surface area contributed by atoms with Gasteiger partial charge in [0.25, 0.3) is 0 Å². The molecule has 1 saturated heterocycles. The Labute approximate surface area is 101 Å². The van der Waals surface area contributed by atoms with Crippen LogP contribution in [0, 0.1) is 0 Å². The van der Waals surface area contributed by atoms with Gasteiger partial charge in [0.2, 0.25) is 0 Å². The molecule has 0 unspecified atom stereocenters. The third-order valence-corrected chi connectivity index (χ3v) is 2.87. The number of methoxy groups -OCH3 is 1. The molecule has 0 bridgehead atoms. The largest absolute Gasteiger partial charge is 0.464 e. The lowest BCUT2D eigenvalue weighted by atomic mass is 10.2. The number of anilines is 1. The van der Waals surface area contributed by atoms with Gasteiger partial charge in [-0.2, -0.15) is 0 Å². The molecule has 5 nitrogen and oxygen atoms in total. The van der Waals surface area contributed by atoms with E-state index in [2.05, 4.69) is 26.9 Å². The molecule has 1 atom stereocenters. The first-order chi connectivity index (χ1) is 8.20. The quantitative estimate of drug-likeness (QED) is 0.763. The van der Waals surface area contributed by atoms with Crippen LogP contribution in [0.15, 0.2) is 18.3 Å². The average molecular weight is 235 g/mol. The van der Waals surface area contributed by atoms with E-state index in [9.17, 15) is 4.79 Å². The van der Waals surface area contributed by atoms with Crippen molar-refractivity contribution >= 4 is 11.7 Å². The Bertz CT molecular complexity index is 408. The molecule has 1 fully saturated rings. The monoisotopic (exact) mass is 235 g/mol. The number of rotatable bonds is 2. The summed E-state index contributed by atoms with van der Waals surface area (Å²) in [6, 6.07) is 4.16. The smallest absolute Gasteiger partial charge is 0.356 e. The molecule has 1 aliphatic rings. The van der Waals surface area contributed by atoms with Gasteiger partial charge in [0.05, 0.1) is 7.11 Å². The van der Waals surface area contributed by atoms with Crippen molar-refractivity contribution in [3.8, 4) is 0 Å². The number of nitrogens with one attached hydrogen (secondary N) is 1. The zero-order chi connectivity index (χ0) is 12.3. The van der Waals surface area contributed by atoms with E-state index in [1.54, 1.807) is 12.3 Å². The number of aromatic nitrogens is 1. The van der Waals surface area contributed by atoms with Crippen LogP contribution in [-0.4, -0.2) is 43.7 Å². The lowest BCUT2D eigenvalue weighted by Gasteiger charge is -2.33. The Morgan fingerprint density at radius 3 is 3.18 bits per heavy atom. The van der Waals surface area contributed by atoms with E-state index < -0.39 is 5.97 Å². The van der Waals surface area contributed by atoms with Gasteiger partial charge in [-0.3, -0.25) is 0 Å². The fraction of sp³-hybridized carbons (Fsp3) is 0.500. The Balaban J connectivity index is 2.17. The van der Waals surface area contributed by atoms with Gasteiger partial charge in [-0.1, -0.05) is 0 Å². The highest BCUT2D eigenvalue weighted by atomic mass is 16.5. The summed E-state index contributed by atoms with van der Waals surface area (Å²) < 4.78 is 4.67. The van der Waals surface area contributed by atoms with Crippen molar-refractivity contribution in [1.29, 1.82) is 0 Å². The summed E-state index contributed by atoms with van der Waals surface area (Å²) in [6.45, 7) is 4.98. The summed E-state index contributed by atoms with van der Waals surface area (Å²) in [7, 11) is 1.36. The number of esters is 1. The fourth-order valence-electron chi connectivity index (χ4n) is 2.00. The Hall–Kier alpha value is -1.62. The maximum absolute atomic E-state index is 11.4. The second-order valence-corrected chi connectivity index (χ2v) is 4.19. The molecule has 5 heteroatoms. The Morgan fingerprint density at radius 2 is 2.47 bits per heavy atom. The highest BCUT2D eigenvalue weighted by Gasteiger charge is 2.17. The summed E-state index contributed by atoms with van der Waals surface area (Å²) in [5.41, 5.74) is 1.38. The van der Waals surface area contributed by atoms with Gasteiger partial charge in [-0.05, 0) is 19.1 Å². The molecule has 1 aromatic heterocycles. The number of pyridine rings is 1. The van der Waals surface area contributed by atoms with E-state index in [4.69, 9.17) is 0 Å². The standard InChI is InChI=1S/C12H17N3O2/c1-9-8-15(6-5-13-9)10-3-4-14-11(7-10)12(16)17-2/h3-4,7,9,13H,5-6,8H2,1-2H3/t9-/m1/s1. The van der Waals surface area contributed by atoms with Crippen LogP contribution in [0.2, 0.25) is 0 Å². The molecule has 17 heavy (non-hydrogen) atoms. The number of piperazine rings is 1. The number of hydrogen-bond acceptors (Lipinski definition) is 5. The van der Waals surface area contributed by atoms with E-state index in [0.717, 1.165) is 25.3 Å². The van der Waals surface area contributed by atoms with Gasteiger partial charge in [0, 0.05) is 37.6 Å². The van der Waals surface area contributed by atoms with Gasteiger partial charge in [-0.15, -0.1) is 0 Å². The normalized spacial score (nSPS) is 20.1. The maximum Gasteiger partial charge on any atom is 0.356 e. The van der Waals surface area contributed by atoms with Crippen molar-refractivity contribution in [1.82, 2.24) is 10.3 Å². The molecule has 0 amide bonds. The van der Waals surface area contributed by atoms with Crippen LogP contribution < -0.4 is 10.2 Å². The second kappa shape index (κ2) is 5.14. The maximum atomic E-state index is 11.4. The van der Waals surface area contributed by atoms with Crippen molar-refractivity contribution in [2.24, 2.45) is 0 Å². The molecule has 2 heterocycles. The first-order valence-corrected chi connectivity index (χ1v) is 5.73. The molecule has 0 saturated carbocycles. The van der Waals surface area contributed by atoms with Crippen LogP contribution in [0.25, 0.3) is 0 Å². The van der Waals surface area contributed by atoms with E-state index in [0.29, 0.717) is 11.7 Å². The van der Waals surface area contributed by atoms with E-state index in [1.807, 2.05) is 6.07 Å². The predicted octanol–water partition coefficient (Wildman–Crippen LogP) is 0.666. The molecule has 92 valence electrons. The van der Waals surface area contributed by atoms with Gasteiger partial charge >= 0.3 is 5.97 Å². The number of ether oxygens (including phenoxy) is 1. The first kappa shape index (κ1) is 11.9. The summed E-state index contributed by atoms with van der Waals surface area (Å²) in [5.74, 6) is -0.393. The Morgan fingerprint density at radius 1 is 1.65 bits per heavy atom. The van der Waals surface area contributed by atoms with Crippen molar-refractivity contribution in [3.63, 3.8) is 0 Å². The molecular weight excluding hydrogens is 218 g/mol. The zero-order valence-electron chi connectivity index (χ0n) is 10.1. The molecule has 0 radical (unpaired) electrons. The van der Waals surface area contributed by atoms with Crippen LogP contribution in [0.1, 0.15) is 17.4 Å². The zero-order valence-corrected chi connectivity index (χ0v) is 10.1. The van der Waals surface area contributed by atoms with Gasteiger partial charge < -0.3 is 15.0 Å². The molecule has 0 spiro atoms. The SMILES string of the molecule is COC(=O)c1cc(N2CCN[C@H](C)C2)ccn1. The summed E-state index contributed by atoms with van der Waals surface area (Å²) >= 11 is 0. The van der Waals surface area contributed by atoms with E-state index in [-0.39, 0.29) is 0 Å². The van der Waals surface area contributed by atoms with Crippen molar-refractivity contribution < 1.29 is 9.53 Å². The summed E-state index contributed by atoms with van der Waals surface area (Å²) in [6.07, 6.45) is 1.65. The fourth-order valence-corrected chi connectivity index (χ4v) is 2.00. The second-order valence-electron chi connectivity index (χ2n) is 4.19. The van der Waals surface area contributed by atoms with Crippen molar-refractivity contribution in [2.75, 3.05) is 31.6 Å². The molecule has 1 N–H and O–H groups in total. The van der Waals surface area contributed by atoms with Gasteiger partial charge in [0.15, 0.2) is 0 Å². The summed E-state index contributed by atoms with van der Waals surface area (Å²) in [4.78, 5) is 17.6. The molecule has 2 rings (SSSR count). The minimum atomic E-state index is -0.393. The molecule has 1 aromatic rings. The van der Waals surface area contributed by atoms with Gasteiger partial charge in [0.1, 0.15) is 5.69 Å². The molecule has 1 aliphatic heterocycles. The topological polar surface area (TPSA) is 54.5 Å². The lowest BCUT2D eigenvalue weighted by Crippen LogP contribution is -2.49.